The van der Waals surface area contributed by atoms with Gasteiger partial charge in [0.1, 0.15) is 6.10 Å². The van der Waals surface area contributed by atoms with Crippen LogP contribution >= 0.6 is 0 Å². The van der Waals surface area contributed by atoms with E-state index in [0.29, 0.717) is 6.42 Å². The lowest BCUT2D eigenvalue weighted by atomic mass is 10.0. The molecule has 1 heterocycles. The van der Waals surface area contributed by atoms with Crippen LogP contribution in [0.1, 0.15) is 106 Å². The van der Waals surface area contributed by atoms with E-state index in [4.69, 9.17) is 18.9 Å². The van der Waals surface area contributed by atoms with Gasteiger partial charge >= 0.3 is 0 Å². The van der Waals surface area contributed by atoms with E-state index in [-0.39, 0.29) is 34.5 Å². The lowest BCUT2D eigenvalue weighted by Crippen LogP contribution is -2.47. The third-order valence-electron chi connectivity index (χ3n) is 8.90. The standard InChI is InChI=1S/C32H61NO4Si2/c1-12-13-17-20-26(34)22-23-27-30(37-39(10,11)32(5,6)7)25-29(35-27)28(21-18-15-14-16-19-24-33)36-38(8,9)31(2,3)4/h15,18,22-23,26-30,34H,12-14,16-17,19-21,25H2,1-11H3/b18-15-,23-22+/t26-,27+,28-,29+,30+/m1/s1. The average molecular weight is 580 g/mol. The molecule has 0 bridgehead atoms. The molecule has 0 aromatic rings. The summed E-state index contributed by atoms with van der Waals surface area (Å²) in [4.78, 5) is 0. The van der Waals surface area contributed by atoms with Gasteiger partial charge in [0.25, 0.3) is 0 Å². The molecule has 1 N–H and O–H groups in total. The van der Waals surface area contributed by atoms with Crippen LogP contribution in [0.4, 0.5) is 0 Å². The minimum absolute atomic E-state index is 0.0555. The lowest BCUT2D eigenvalue weighted by molar-refractivity contribution is -0.0197. The maximum atomic E-state index is 10.6. The summed E-state index contributed by atoms with van der Waals surface area (Å²) in [5.74, 6) is 0. The summed E-state index contributed by atoms with van der Waals surface area (Å²) in [5.41, 5.74) is 0. The van der Waals surface area contributed by atoms with Gasteiger partial charge in [0.05, 0.1) is 30.5 Å². The summed E-state index contributed by atoms with van der Waals surface area (Å²) in [5, 5.41) is 19.6. The molecule has 1 aliphatic rings. The molecule has 0 aliphatic carbocycles. The Bertz CT molecular complexity index is 804. The summed E-state index contributed by atoms with van der Waals surface area (Å²) < 4.78 is 20.7. The predicted octanol–water partition coefficient (Wildman–Crippen LogP) is 9.06. The van der Waals surface area contributed by atoms with Gasteiger partial charge in [-0.15, -0.1) is 0 Å². The van der Waals surface area contributed by atoms with Crippen LogP contribution in [0.25, 0.3) is 0 Å². The fraction of sp³-hybridized carbons (Fsp3) is 0.844. The van der Waals surface area contributed by atoms with Crippen molar-refractivity contribution in [2.75, 3.05) is 0 Å². The van der Waals surface area contributed by atoms with Crippen molar-refractivity contribution in [3.05, 3.63) is 24.3 Å². The molecule has 1 saturated heterocycles. The van der Waals surface area contributed by atoms with Crippen LogP contribution < -0.4 is 0 Å². The molecule has 0 aromatic carbocycles. The molecule has 0 aromatic heterocycles. The highest BCUT2D eigenvalue weighted by Crippen LogP contribution is 2.42. The van der Waals surface area contributed by atoms with E-state index in [0.717, 1.165) is 51.4 Å². The Labute approximate surface area is 243 Å². The smallest absolute Gasteiger partial charge is 0.192 e. The van der Waals surface area contributed by atoms with Crippen LogP contribution in [0.3, 0.4) is 0 Å². The Morgan fingerprint density at radius 1 is 1.00 bits per heavy atom. The Balaban J connectivity index is 3.20. The fourth-order valence-electron chi connectivity index (χ4n) is 4.20. The first kappa shape index (κ1) is 36.3. The second-order valence-electron chi connectivity index (χ2n) is 14.4. The molecule has 0 amide bonds. The van der Waals surface area contributed by atoms with E-state index in [1.807, 2.05) is 6.08 Å². The van der Waals surface area contributed by atoms with Gasteiger partial charge < -0.3 is 18.7 Å². The van der Waals surface area contributed by atoms with Crippen molar-refractivity contribution >= 4 is 16.6 Å². The highest BCUT2D eigenvalue weighted by molar-refractivity contribution is 6.74. The van der Waals surface area contributed by atoms with Gasteiger partial charge in [-0.25, -0.2) is 0 Å². The molecule has 5 nitrogen and oxygen atoms in total. The number of nitrogens with zero attached hydrogens (tertiary/aromatic N) is 1. The maximum Gasteiger partial charge on any atom is 0.192 e. The van der Waals surface area contributed by atoms with E-state index < -0.39 is 22.7 Å². The van der Waals surface area contributed by atoms with Crippen LogP contribution in [-0.4, -0.2) is 52.3 Å². The third kappa shape index (κ3) is 12.3. The quantitative estimate of drug-likeness (QED) is 0.112. The molecule has 0 radical (unpaired) electrons. The zero-order valence-corrected chi connectivity index (χ0v) is 29.2. The van der Waals surface area contributed by atoms with Gasteiger partial charge in [-0.1, -0.05) is 92.0 Å². The van der Waals surface area contributed by atoms with E-state index in [1.54, 1.807) is 0 Å². The summed E-state index contributed by atoms with van der Waals surface area (Å²) in [7, 11) is -4.07. The summed E-state index contributed by atoms with van der Waals surface area (Å²) in [6.07, 6.45) is 15.6. The number of nitriles is 1. The van der Waals surface area contributed by atoms with Crippen LogP contribution in [-0.2, 0) is 13.6 Å². The molecule has 0 saturated carbocycles. The van der Waals surface area contributed by atoms with Gasteiger partial charge in [-0.3, -0.25) is 0 Å². The maximum absolute atomic E-state index is 10.6. The number of aliphatic hydroxyl groups excluding tert-OH is 1. The number of hydrogen-bond donors (Lipinski definition) is 1. The Morgan fingerprint density at radius 3 is 2.21 bits per heavy atom. The van der Waals surface area contributed by atoms with Crippen LogP contribution in [0.15, 0.2) is 24.3 Å². The molecule has 7 heteroatoms. The lowest BCUT2D eigenvalue weighted by Gasteiger charge is -2.40. The molecule has 1 rings (SSSR count). The Hall–Kier alpha value is -0.756. The van der Waals surface area contributed by atoms with Crippen LogP contribution in [0.2, 0.25) is 36.3 Å². The topological polar surface area (TPSA) is 71.7 Å². The monoisotopic (exact) mass is 579 g/mol. The molecule has 226 valence electrons. The number of aliphatic hydroxyl groups is 1. The molecule has 1 aliphatic heterocycles. The first-order chi connectivity index (χ1) is 17.9. The second kappa shape index (κ2) is 16.0. The molecular weight excluding hydrogens is 519 g/mol. The molecule has 0 spiro atoms. The van der Waals surface area contributed by atoms with Crippen molar-refractivity contribution < 1.29 is 18.7 Å². The fourth-order valence-corrected chi connectivity index (χ4v) is 6.90. The van der Waals surface area contributed by atoms with Crippen molar-refractivity contribution in [3.8, 4) is 6.07 Å². The first-order valence-electron chi connectivity index (χ1n) is 15.3. The zero-order valence-electron chi connectivity index (χ0n) is 27.2. The summed E-state index contributed by atoms with van der Waals surface area (Å²) >= 11 is 0. The number of allylic oxidation sites excluding steroid dienone is 1. The van der Waals surface area contributed by atoms with Gasteiger partial charge in [0.15, 0.2) is 16.6 Å². The van der Waals surface area contributed by atoms with E-state index in [9.17, 15) is 5.11 Å². The van der Waals surface area contributed by atoms with Crippen LogP contribution in [0.5, 0.6) is 0 Å². The third-order valence-corrected chi connectivity index (χ3v) is 17.9. The second-order valence-corrected chi connectivity index (χ2v) is 23.9. The average Bonchev–Trinajstić information content (AvgIpc) is 3.19. The van der Waals surface area contributed by atoms with Crippen molar-refractivity contribution in [2.45, 2.75) is 173 Å². The number of unbranched alkanes of at least 4 members (excludes halogenated alkanes) is 4. The number of rotatable bonds is 16. The zero-order chi connectivity index (χ0) is 29.9. The highest BCUT2D eigenvalue weighted by atomic mass is 28.4. The normalized spacial score (nSPS) is 23.0. The van der Waals surface area contributed by atoms with E-state index >= 15 is 0 Å². The highest BCUT2D eigenvalue weighted by Gasteiger charge is 2.47. The summed E-state index contributed by atoms with van der Waals surface area (Å²) in [6.45, 7) is 25.0. The van der Waals surface area contributed by atoms with Crippen LogP contribution in [0, 0.1) is 11.3 Å². The van der Waals surface area contributed by atoms with Gasteiger partial charge in [-0.2, -0.15) is 5.26 Å². The largest absolute Gasteiger partial charge is 0.411 e. The molecule has 0 unspecified atom stereocenters. The minimum atomic E-state index is -2.04. The predicted molar refractivity (Wildman–Crippen MR) is 170 cm³/mol. The van der Waals surface area contributed by atoms with Crippen molar-refractivity contribution in [1.29, 1.82) is 5.26 Å². The molecule has 39 heavy (non-hydrogen) atoms. The minimum Gasteiger partial charge on any atom is -0.411 e. The number of hydrogen-bond acceptors (Lipinski definition) is 5. The van der Waals surface area contributed by atoms with Crippen molar-refractivity contribution in [3.63, 3.8) is 0 Å². The van der Waals surface area contributed by atoms with E-state index in [1.165, 1.54) is 0 Å². The van der Waals surface area contributed by atoms with Crippen molar-refractivity contribution in [1.82, 2.24) is 0 Å². The van der Waals surface area contributed by atoms with Gasteiger partial charge in [-0.05, 0) is 61.9 Å². The Morgan fingerprint density at radius 2 is 1.64 bits per heavy atom. The summed E-state index contributed by atoms with van der Waals surface area (Å²) in [6, 6.07) is 2.22. The molecule has 5 atom stereocenters. The van der Waals surface area contributed by atoms with Gasteiger partial charge in [0, 0.05) is 12.8 Å². The first-order valence-corrected chi connectivity index (χ1v) is 21.2. The molecular formula is C32H61NO4Si2. The van der Waals surface area contributed by atoms with Crippen molar-refractivity contribution in [2.24, 2.45) is 0 Å². The number of ether oxygens (including phenoxy) is 1. The Kier molecular flexibility index (Phi) is 14.9. The van der Waals surface area contributed by atoms with Gasteiger partial charge in [0.2, 0.25) is 0 Å². The SMILES string of the molecule is CCCCC[C@@H](O)/C=C/[C@@H]1O[C@H]([C@@H](C/C=C\CCCC#N)O[Si](C)(C)C(C)(C)C)C[C@@H]1O[Si](C)(C)C(C)(C)C. The molecule has 1 fully saturated rings. The van der Waals surface area contributed by atoms with E-state index in [2.05, 4.69) is 99.0 Å².